The molecule has 0 atom stereocenters. The molecule has 0 amide bonds. The van der Waals surface area contributed by atoms with Gasteiger partial charge in [0.25, 0.3) is 0 Å². The van der Waals surface area contributed by atoms with Crippen LogP contribution in [0.3, 0.4) is 0 Å². The first-order chi connectivity index (χ1) is 9.40. The molecule has 2 aliphatic heterocycles. The third-order valence-electron chi connectivity index (χ3n) is 4.05. The molecule has 0 unspecified atom stereocenters. The van der Waals surface area contributed by atoms with Crippen LogP contribution < -0.4 is 10.2 Å². The first kappa shape index (κ1) is 13.8. The van der Waals surface area contributed by atoms with Crippen molar-refractivity contribution >= 4 is 24.2 Å². The number of ether oxygens (including phenoxy) is 1. The van der Waals surface area contributed by atoms with Crippen LogP contribution in [0.25, 0.3) is 0 Å². The third kappa shape index (κ3) is 2.11. The number of hydrogen-bond donors (Lipinski definition) is 0. The second-order valence-electron chi connectivity index (χ2n) is 5.83. The maximum atomic E-state index is 6.35. The summed E-state index contributed by atoms with van der Waals surface area (Å²) >= 11 is 6.35. The molecule has 1 aromatic rings. The van der Waals surface area contributed by atoms with E-state index in [1.165, 1.54) is 5.56 Å². The molecule has 0 aromatic heterocycles. The van der Waals surface area contributed by atoms with Gasteiger partial charge in [0.05, 0.1) is 17.4 Å². The molecule has 3 nitrogen and oxygen atoms in total. The van der Waals surface area contributed by atoms with Crippen molar-refractivity contribution in [3.05, 3.63) is 34.6 Å². The summed E-state index contributed by atoms with van der Waals surface area (Å²) in [7, 11) is -0.442. The van der Waals surface area contributed by atoms with E-state index in [2.05, 4.69) is 13.5 Å². The average Bonchev–Trinajstić information content (AvgIpc) is 2.68. The molecule has 2 heterocycles. The number of halogens is 1. The molecule has 0 N–H and O–H groups in total. The van der Waals surface area contributed by atoms with Crippen molar-refractivity contribution in [3.8, 4) is 5.75 Å². The van der Waals surface area contributed by atoms with Gasteiger partial charge in [-0.1, -0.05) is 18.2 Å². The van der Waals surface area contributed by atoms with Crippen LogP contribution in [0.1, 0.15) is 31.4 Å². The lowest BCUT2D eigenvalue weighted by Crippen LogP contribution is -2.37. The van der Waals surface area contributed by atoms with Crippen LogP contribution in [0.2, 0.25) is 5.02 Å². The van der Waals surface area contributed by atoms with Gasteiger partial charge in [0, 0.05) is 5.46 Å². The van der Waals surface area contributed by atoms with Crippen LogP contribution in [-0.2, 0) is 15.7 Å². The van der Waals surface area contributed by atoms with Gasteiger partial charge in [0.2, 0.25) is 0 Å². The molecule has 20 heavy (non-hydrogen) atoms. The monoisotopic (exact) mass is 292 g/mol. The SMILES string of the molecule is C=C1OB(c2cc(Cl)c3c(c2C)CCCO3)OC1(C)C. The van der Waals surface area contributed by atoms with Crippen LogP contribution in [-0.4, -0.2) is 19.3 Å². The minimum absolute atomic E-state index is 0.442. The standard InChI is InChI=1S/C15H18BClO3/c1-9-11-6-5-7-18-14(11)13(17)8-12(9)16-19-10(2)15(3,4)20-16/h8H,2,5-7H2,1,3-4H3. The summed E-state index contributed by atoms with van der Waals surface area (Å²) in [6, 6.07) is 1.89. The van der Waals surface area contributed by atoms with Crippen molar-refractivity contribution in [2.45, 2.75) is 39.2 Å². The Kier molecular flexibility index (Phi) is 3.26. The Bertz CT molecular complexity index is 583. The number of fused-ring (bicyclic) bond motifs is 1. The second kappa shape index (κ2) is 4.71. The van der Waals surface area contributed by atoms with Crippen LogP contribution >= 0.6 is 11.6 Å². The van der Waals surface area contributed by atoms with Crippen molar-refractivity contribution in [3.63, 3.8) is 0 Å². The Labute approximate surface area is 125 Å². The summed E-state index contributed by atoms with van der Waals surface area (Å²) < 4.78 is 17.4. The molecule has 0 radical (unpaired) electrons. The van der Waals surface area contributed by atoms with Crippen molar-refractivity contribution in [2.24, 2.45) is 0 Å². The number of hydrogen-bond acceptors (Lipinski definition) is 3. The van der Waals surface area contributed by atoms with Gasteiger partial charge in [-0.3, -0.25) is 0 Å². The van der Waals surface area contributed by atoms with E-state index in [0.29, 0.717) is 10.8 Å². The molecule has 3 rings (SSSR count). The second-order valence-corrected chi connectivity index (χ2v) is 6.24. The molecule has 5 heteroatoms. The first-order valence-corrected chi connectivity index (χ1v) is 7.26. The smallest absolute Gasteiger partial charge is 0.534 e. The quantitative estimate of drug-likeness (QED) is 0.745. The van der Waals surface area contributed by atoms with Crippen molar-refractivity contribution in [2.75, 3.05) is 6.61 Å². The fourth-order valence-electron chi connectivity index (χ4n) is 2.68. The van der Waals surface area contributed by atoms with Gasteiger partial charge in [-0.2, -0.15) is 0 Å². The summed E-state index contributed by atoms with van der Waals surface area (Å²) in [5.41, 5.74) is 2.79. The van der Waals surface area contributed by atoms with Crippen molar-refractivity contribution < 1.29 is 14.0 Å². The zero-order chi connectivity index (χ0) is 14.5. The Morgan fingerprint density at radius 2 is 2.15 bits per heavy atom. The average molecular weight is 293 g/mol. The van der Waals surface area contributed by atoms with E-state index in [1.807, 2.05) is 19.9 Å². The van der Waals surface area contributed by atoms with Gasteiger partial charge in [-0.05, 0) is 50.8 Å². The highest BCUT2D eigenvalue weighted by molar-refractivity contribution is 6.63. The van der Waals surface area contributed by atoms with Crippen LogP contribution in [0.15, 0.2) is 18.4 Å². The lowest BCUT2D eigenvalue weighted by atomic mass is 9.74. The van der Waals surface area contributed by atoms with Crippen LogP contribution in [0, 0.1) is 6.92 Å². The van der Waals surface area contributed by atoms with Gasteiger partial charge in [0.1, 0.15) is 11.4 Å². The highest BCUT2D eigenvalue weighted by Gasteiger charge is 2.44. The molecule has 0 spiro atoms. The first-order valence-electron chi connectivity index (χ1n) is 6.88. The summed E-state index contributed by atoms with van der Waals surface area (Å²) in [5.74, 6) is 1.46. The van der Waals surface area contributed by atoms with Gasteiger partial charge in [-0.15, -0.1) is 0 Å². The number of benzene rings is 1. The zero-order valence-electron chi connectivity index (χ0n) is 12.1. The Morgan fingerprint density at radius 1 is 1.40 bits per heavy atom. The van der Waals surface area contributed by atoms with E-state index < -0.39 is 12.7 Å². The Hall–Kier alpha value is -1.13. The maximum absolute atomic E-state index is 6.35. The van der Waals surface area contributed by atoms with Gasteiger partial charge in [-0.25, -0.2) is 0 Å². The molecule has 1 fully saturated rings. The summed E-state index contributed by atoms with van der Waals surface area (Å²) in [6.45, 7) is 10.6. The van der Waals surface area contributed by atoms with E-state index in [9.17, 15) is 0 Å². The van der Waals surface area contributed by atoms with Crippen molar-refractivity contribution in [1.29, 1.82) is 0 Å². The molecule has 1 aromatic carbocycles. The predicted molar refractivity (Wildman–Crippen MR) is 80.8 cm³/mol. The molecule has 2 aliphatic rings. The van der Waals surface area contributed by atoms with E-state index in [-0.39, 0.29) is 0 Å². The summed E-state index contributed by atoms with van der Waals surface area (Å²) in [6.07, 6.45) is 1.99. The fraction of sp³-hybridized carbons (Fsp3) is 0.467. The molecular weight excluding hydrogens is 274 g/mol. The van der Waals surface area contributed by atoms with Gasteiger partial charge < -0.3 is 14.0 Å². The van der Waals surface area contributed by atoms with E-state index in [0.717, 1.165) is 36.2 Å². The Balaban J connectivity index is 2.03. The minimum Gasteiger partial charge on any atom is -0.534 e. The fourth-order valence-corrected chi connectivity index (χ4v) is 2.97. The Morgan fingerprint density at radius 3 is 2.80 bits per heavy atom. The maximum Gasteiger partial charge on any atom is 0.563 e. The molecule has 106 valence electrons. The van der Waals surface area contributed by atoms with E-state index in [1.54, 1.807) is 0 Å². The van der Waals surface area contributed by atoms with Gasteiger partial charge >= 0.3 is 7.12 Å². The predicted octanol–water partition coefficient (Wildman–Crippen LogP) is 3.01. The molecule has 1 saturated heterocycles. The number of rotatable bonds is 1. The van der Waals surface area contributed by atoms with E-state index in [4.69, 9.17) is 25.6 Å². The highest BCUT2D eigenvalue weighted by atomic mass is 35.5. The topological polar surface area (TPSA) is 27.7 Å². The molecule has 0 saturated carbocycles. The summed E-state index contributed by atoms with van der Waals surface area (Å²) in [4.78, 5) is 0. The largest absolute Gasteiger partial charge is 0.563 e. The zero-order valence-corrected chi connectivity index (χ0v) is 12.8. The normalized spacial score (nSPS) is 20.4. The van der Waals surface area contributed by atoms with Crippen molar-refractivity contribution in [1.82, 2.24) is 0 Å². The summed E-state index contributed by atoms with van der Waals surface area (Å²) in [5, 5.41) is 0.628. The van der Waals surface area contributed by atoms with E-state index >= 15 is 0 Å². The highest BCUT2D eigenvalue weighted by Crippen LogP contribution is 2.36. The van der Waals surface area contributed by atoms with Crippen LogP contribution in [0.5, 0.6) is 5.75 Å². The lowest BCUT2D eigenvalue weighted by Gasteiger charge is -2.23. The molecular formula is C15H18BClO3. The van der Waals surface area contributed by atoms with Gasteiger partial charge in [0.15, 0.2) is 0 Å². The molecule has 0 aliphatic carbocycles. The lowest BCUT2D eigenvalue weighted by molar-refractivity contribution is 0.173. The molecule has 0 bridgehead atoms. The minimum atomic E-state index is -0.476. The third-order valence-corrected chi connectivity index (χ3v) is 4.33. The van der Waals surface area contributed by atoms with Crippen LogP contribution in [0.4, 0.5) is 0 Å².